The van der Waals surface area contributed by atoms with Crippen LogP contribution in [0.3, 0.4) is 0 Å². The lowest BCUT2D eigenvalue weighted by molar-refractivity contribution is -0.136. The summed E-state index contributed by atoms with van der Waals surface area (Å²) in [6.45, 7) is 0. The second kappa shape index (κ2) is 4.82. The Kier molecular flexibility index (Phi) is 3.13. The first-order valence-electron chi connectivity index (χ1n) is 6.36. The molecular formula is C17H12F3. The van der Waals surface area contributed by atoms with Crippen LogP contribution in [0.1, 0.15) is 17.5 Å². The molecule has 0 atom stereocenters. The van der Waals surface area contributed by atoms with Crippen LogP contribution in [-0.2, 0) is 6.18 Å². The average molecular weight is 273 g/mol. The lowest BCUT2D eigenvalue weighted by atomic mass is 9.92. The maximum Gasteiger partial charge on any atom is 0.417 e. The first-order valence-corrected chi connectivity index (χ1v) is 6.36. The first-order chi connectivity index (χ1) is 9.55. The van der Waals surface area contributed by atoms with Gasteiger partial charge < -0.3 is 0 Å². The van der Waals surface area contributed by atoms with Gasteiger partial charge in [0.2, 0.25) is 0 Å². The van der Waals surface area contributed by atoms with Gasteiger partial charge in [0.1, 0.15) is 0 Å². The minimum absolute atomic E-state index is 0.246. The smallest absolute Gasteiger partial charge is 0.166 e. The second-order valence-corrected chi connectivity index (χ2v) is 4.73. The van der Waals surface area contributed by atoms with Crippen molar-refractivity contribution in [2.75, 3.05) is 0 Å². The van der Waals surface area contributed by atoms with Crippen molar-refractivity contribution in [3.8, 4) is 0 Å². The average Bonchev–Trinajstić information content (AvgIpc) is 2.46. The summed E-state index contributed by atoms with van der Waals surface area (Å²) in [5.41, 5.74) is 0.874. The van der Waals surface area contributed by atoms with E-state index in [2.05, 4.69) is 0 Å². The SMILES string of the molecule is FC(F)(F)c1cc(C2=CC=CC[CH]2)cc2ccccc12. The number of fused-ring (bicyclic) bond motifs is 1. The zero-order valence-electron chi connectivity index (χ0n) is 10.6. The third-order valence-corrected chi connectivity index (χ3v) is 3.39. The van der Waals surface area contributed by atoms with Crippen LogP contribution in [0.5, 0.6) is 0 Å². The predicted octanol–water partition coefficient (Wildman–Crippen LogP) is 5.41. The van der Waals surface area contributed by atoms with Crippen LogP contribution >= 0.6 is 0 Å². The molecule has 1 aliphatic rings. The number of hydrogen-bond donors (Lipinski definition) is 0. The Labute approximate surface area is 115 Å². The summed E-state index contributed by atoms with van der Waals surface area (Å²) in [7, 11) is 0. The number of benzene rings is 2. The summed E-state index contributed by atoms with van der Waals surface area (Å²) in [6, 6.07) is 9.67. The highest BCUT2D eigenvalue weighted by molar-refractivity contribution is 5.91. The molecule has 0 nitrogen and oxygen atoms in total. The molecule has 0 heterocycles. The van der Waals surface area contributed by atoms with Crippen LogP contribution in [0.4, 0.5) is 13.2 Å². The maximum absolute atomic E-state index is 13.2. The molecule has 2 aromatic carbocycles. The molecule has 0 unspecified atom stereocenters. The Morgan fingerprint density at radius 2 is 1.80 bits per heavy atom. The highest BCUT2D eigenvalue weighted by Crippen LogP contribution is 2.37. The minimum Gasteiger partial charge on any atom is -0.166 e. The Morgan fingerprint density at radius 1 is 1.00 bits per heavy atom. The van der Waals surface area contributed by atoms with Gasteiger partial charge in [0.15, 0.2) is 0 Å². The summed E-state index contributed by atoms with van der Waals surface area (Å²) in [5, 5.41) is 0.858. The molecule has 0 fully saturated rings. The topological polar surface area (TPSA) is 0 Å². The van der Waals surface area contributed by atoms with Crippen molar-refractivity contribution in [3.63, 3.8) is 0 Å². The quantitative estimate of drug-likeness (QED) is 0.652. The van der Waals surface area contributed by atoms with E-state index < -0.39 is 11.7 Å². The van der Waals surface area contributed by atoms with Gasteiger partial charge >= 0.3 is 6.18 Å². The fourth-order valence-corrected chi connectivity index (χ4v) is 2.44. The summed E-state index contributed by atoms with van der Waals surface area (Å²) >= 11 is 0. The van der Waals surface area contributed by atoms with E-state index in [4.69, 9.17) is 0 Å². The second-order valence-electron chi connectivity index (χ2n) is 4.73. The molecule has 20 heavy (non-hydrogen) atoms. The Balaban J connectivity index is 2.25. The lowest BCUT2D eigenvalue weighted by Crippen LogP contribution is -2.07. The van der Waals surface area contributed by atoms with Crippen LogP contribution in [0, 0.1) is 6.42 Å². The van der Waals surface area contributed by atoms with E-state index in [0.717, 1.165) is 12.0 Å². The highest BCUT2D eigenvalue weighted by atomic mass is 19.4. The molecule has 0 aromatic heterocycles. The van der Waals surface area contributed by atoms with Crippen LogP contribution in [0.2, 0.25) is 0 Å². The summed E-state index contributed by atoms with van der Waals surface area (Å²) in [4.78, 5) is 0. The Hall–Kier alpha value is -2.03. The van der Waals surface area contributed by atoms with E-state index in [1.807, 2.05) is 30.7 Å². The molecule has 1 aliphatic carbocycles. The third kappa shape index (κ3) is 2.36. The van der Waals surface area contributed by atoms with Gasteiger partial charge in [-0.3, -0.25) is 0 Å². The van der Waals surface area contributed by atoms with Crippen LogP contribution in [-0.4, -0.2) is 0 Å². The van der Waals surface area contributed by atoms with Crippen LogP contribution < -0.4 is 0 Å². The number of allylic oxidation sites excluding steroid dienone is 4. The normalized spacial score (nSPS) is 15.4. The minimum atomic E-state index is -4.35. The largest absolute Gasteiger partial charge is 0.417 e. The summed E-state index contributed by atoms with van der Waals surface area (Å²) in [5.74, 6) is 0. The van der Waals surface area contributed by atoms with Crippen LogP contribution in [0.25, 0.3) is 16.3 Å². The van der Waals surface area contributed by atoms with Crippen molar-refractivity contribution in [1.29, 1.82) is 0 Å². The molecule has 0 bridgehead atoms. The summed E-state index contributed by atoms with van der Waals surface area (Å²) in [6.07, 6.45) is 4.02. The van der Waals surface area contributed by atoms with Crippen molar-refractivity contribution < 1.29 is 13.2 Å². The molecule has 0 N–H and O–H groups in total. The van der Waals surface area contributed by atoms with E-state index in [1.54, 1.807) is 18.2 Å². The molecule has 101 valence electrons. The fourth-order valence-electron chi connectivity index (χ4n) is 2.44. The standard InChI is InChI=1S/C17H12F3/c18-17(19,20)16-11-14(12-6-2-1-3-7-12)10-13-8-4-5-9-15(13)16/h1-2,4-11H,3H2. The molecule has 0 amide bonds. The van der Waals surface area contributed by atoms with Gasteiger partial charge in [0, 0.05) is 0 Å². The van der Waals surface area contributed by atoms with Gasteiger partial charge in [-0.15, -0.1) is 0 Å². The van der Waals surface area contributed by atoms with E-state index in [9.17, 15) is 13.2 Å². The van der Waals surface area contributed by atoms with Gasteiger partial charge in [-0.25, -0.2) is 0 Å². The molecule has 1 radical (unpaired) electrons. The van der Waals surface area contributed by atoms with Gasteiger partial charge in [0.05, 0.1) is 5.56 Å². The first kappa shape index (κ1) is 13.0. The number of rotatable bonds is 1. The zero-order chi connectivity index (χ0) is 14.2. The molecule has 0 spiro atoms. The van der Waals surface area contributed by atoms with E-state index in [1.165, 1.54) is 12.1 Å². The zero-order valence-corrected chi connectivity index (χ0v) is 10.6. The van der Waals surface area contributed by atoms with Gasteiger partial charge in [-0.1, -0.05) is 42.5 Å². The fraction of sp³-hybridized carbons (Fsp3) is 0.118. The van der Waals surface area contributed by atoms with E-state index in [-0.39, 0.29) is 5.39 Å². The Morgan fingerprint density at radius 3 is 2.50 bits per heavy atom. The molecule has 0 aliphatic heterocycles. The van der Waals surface area contributed by atoms with Crippen molar-refractivity contribution in [3.05, 3.63) is 72.2 Å². The van der Waals surface area contributed by atoms with Gasteiger partial charge in [0.25, 0.3) is 0 Å². The lowest BCUT2D eigenvalue weighted by Gasteiger charge is -2.15. The third-order valence-electron chi connectivity index (χ3n) is 3.39. The highest BCUT2D eigenvalue weighted by Gasteiger charge is 2.33. The van der Waals surface area contributed by atoms with Crippen LogP contribution in [0.15, 0.2) is 54.6 Å². The van der Waals surface area contributed by atoms with Crippen molar-refractivity contribution in [1.82, 2.24) is 0 Å². The summed E-state index contributed by atoms with van der Waals surface area (Å²) < 4.78 is 39.7. The molecule has 0 saturated carbocycles. The number of hydrogen-bond acceptors (Lipinski definition) is 0. The molecular weight excluding hydrogens is 261 g/mol. The number of alkyl halides is 3. The molecule has 0 saturated heterocycles. The number of halogens is 3. The molecule has 3 heteroatoms. The van der Waals surface area contributed by atoms with Gasteiger partial charge in [-0.05, 0) is 46.9 Å². The van der Waals surface area contributed by atoms with E-state index in [0.29, 0.717) is 10.9 Å². The van der Waals surface area contributed by atoms with Gasteiger partial charge in [-0.2, -0.15) is 13.2 Å². The van der Waals surface area contributed by atoms with E-state index >= 15 is 0 Å². The molecule has 3 rings (SSSR count). The monoisotopic (exact) mass is 273 g/mol. The van der Waals surface area contributed by atoms with Crippen molar-refractivity contribution in [2.24, 2.45) is 0 Å². The van der Waals surface area contributed by atoms with Crippen molar-refractivity contribution in [2.45, 2.75) is 12.6 Å². The maximum atomic E-state index is 13.2. The van der Waals surface area contributed by atoms with Crippen molar-refractivity contribution >= 4 is 16.3 Å². The molecule has 2 aromatic rings. The Bertz CT molecular complexity index is 706. The predicted molar refractivity (Wildman–Crippen MR) is 75.0 cm³/mol.